The summed E-state index contributed by atoms with van der Waals surface area (Å²) < 4.78 is 6.25. The van der Waals surface area contributed by atoms with Gasteiger partial charge >= 0.3 is 0 Å². The number of halogens is 1. The number of oxazole rings is 1. The molecule has 0 spiro atoms. The first-order valence-corrected chi connectivity index (χ1v) is 4.80. The predicted octanol–water partition coefficient (Wildman–Crippen LogP) is 2.39. The van der Waals surface area contributed by atoms with Gasteiger partial charge in [0.2, 0.25) is 0 Å². The lowest BCUT2D eigenvalue weighted by atomic mass is 10.2. The van der Waals surface area contributed by atoms with E-state index in [9.17, 15) is 0 Å². The van der Waals surface area contributed by atoms with Gasteiger partial charge in [-0.25, -0.2) is 4.98 Å². The maximum absolute atomic E-state index is 8.58. The Morgan fingerprint density at radius 1 is 1.57 bits per heavy atom. The monoisotopic (exact) mass is 255 g/mol. The molecule has 0 unspecified atom stereocenters. The third-order valence-electron chi connectivity index (χ3n) is 1.85. The molecule has 14 heavy (non-hydrogen) atoms. The molecule has 73 valence electrons. The van der Waals surface area contributed by atoms with Crippen LogP contribution in [0.3, 0.4) is 0 Å². The Kier molecular flexibility index (Phi) is 2.54. The Balaban J connectivity index is 2.68. The van der Waals surface area contributed by atoms with Gasteiger partial charge < -0.3 is 9.62 Å². The largest absolute Gasteiger partial charge is 0.440 e. The van der Waals surface area contributed by atoms with Crippen molar-refractivity contribution in [3.63, 3.8) is 0 Å². The number of nitrogens with one attached hydrogen (secondary N) is 1. The standard InChI is InChI=1S/C9H8BrN2O2/c1-5-12-8-6(4-11-13)2-3-7(10)9(8)14-5/h2-4,11,13H,1H3. The SMILES string of the molecule is Cc1nc2c([CH]NO)ccc(Br)c2o1. The van der Waals surface area contributed by atoms with E-state index in [1.807, 2.05) is 17.6 Å². The van der Waals surface area contributed by atoms with Crippen LogP contribution in [0.4, 0.5) is 0 Å². The van der Waals surface area contributed by atoms with Crippen molar-refractivity contribution in [2.24, 2.45) is 0 Å². The van der Waals surface area contributed by atoms with Gasteiger partial charge in [-0.1, -0.05) is 6.07 Å². The van der Waals surface area contributed by atoms with Gasteiger partial charge in [0, 0.05) is 12.5 Å². The first-order valence-electron chi connectivity index (χ1n) is 4.01. The number of hydrogen-bond donors (Lipinski definition) is 2. The van der Waals surface area contributed by atoms with Gasteiger partial charge in [0.15, 0.2) is 11.5 Å². The minimum atomic E-state index is 0.597. The second-order valence-electron chi connectivity index (χ2n) is 2.82. The van der Waals surface area contributed by atoms with Crippen LogP contribution < -0.4 is 5.48 Å². The highest BCUT2D eigenvalue weighted by molar-refractivity contribution is 9.10. The van der Waals surface area contributed by atoms with Crippen LogP contribution in [0.5, 0.6) is 0 Å². The van der Waals surface area contributed by atoms with Gasteiger partial charge in [-0.2, -0.15) is 5.48 Å². The minimum absolute atomic E-state index is 0.597. The number of aromatic nitrogens is 1. The summed E-state index contributed by atoms with van der Waals surface area (Å²) in [6.45, 7) is 3.24. The topological polar surface area (TPSA) is 58.3 Å². The van der Waals surface area contributed by atoms with Gasteiger partial charge in [-0.15, -0.1) is 0 Å². The smallest absolute Gasteiger partial charge is 0.192 e. The van der Waals surface area contributed by atoms with Crippen LogP contribution in [-0.2, 0) is 0 Å². The van der Waals surface area contributed by atoms with E-state index in [0.717, 1.165) is 15.6 Å². The van der Waals surface area contributed by atoms with Crippen LogP contribution in [0, 0.1) is 13.5 Å². The summed E-state index contributed by atoms with van der Waals surface area (Å²) in [5.74, 6) is 0.597. The Bertz CT molecular complexity index is 467. The second kappa shape index (κ2) is 3.68. The van der Waals surface area contributed by atoms with Crippen LogP contribution >= 0.6 is 15.9 Å². The number of aryl methyl sites for hydroxylation is 1. The molecule has 1 heterocycles. The van der Waals surface area contributed by atoms with Crippen LogP contribution in [0.25, 0.3) is 11.1 Å². The van der Waals surface area contributed by atoms with Gasteiger partial charge in [-0.3, -0.25) is 0 Å². The fourth-order valence-corrected chi connectivity index (χ4v) is 1.69. The molecule has 1 aromatic carbocycles. The number of hydrogen-bond acceptors (Lipinski definition) is 4. The van der Waals surface area contributed by atoms with Crippen LogP contribution in [0.2, 0.25) is 0 Å². The average Bonchev–Trinajstić information content (AvgIpc) is 2.53. The van der Waals surface area contributed by atoms with Crippen molar-refractivity contribution in [2.45, 2.75) is 6.92 Å². The quantitative estimate of drug-likeness (QED) is 0.810. The van der Waals surface area contributed by atoms with Gasteiger partial charge in [0.25, 0.3) is 0 Å². The lowest BCUT2D eigenvalue weighted by Crippen LogP contribution is -2.03. The molecule has 0 aliphatic heterocycles. The van der Waals surface area contributed by atoms with E-state index in [2.05, 4.69) is 20.9 Å². The highest BCUT2D eigenvalue weighted by Gasteiger charge is 2.10. The normalized spacial score (nSPS) is 11.1. The van der Waals surface area contributed by atoms with E-state index in [4.69, 9.17) is 9.62 Å². The van der Waals surface area contributed by atoms with Gasteiger partial charge in [0.1, 0.15) is 5.52 Å². The van der Waals surface area contributed by atoms with E-state index >= 15 is 0 Å². The summed E-state index contributed by atoms with van der Waals surface area (Å²) >= 11 is 3.36. The predicted molar refractivity (Wildman–Crippen MR) is 54.8 cm³/mol. The van der Waals surface area contributed by atoms with E-state index in [1.165, 1.54) is 6.54 Å². The maximum atomic E-state index is 8.58. The molecule has 2 aromatic rings. The number of benzene rings is 1. The molecule has 1 aromatic heterocycles. The van der Waals surface area contributed by atoms with Crippen molar-refractivity contribution < 1.29 is 9.62 Å². The molecule has 5 heteroatoms. The Morgan fingerprint density at radius 3 is 3.07 bits per heavy atom. The van der Waals surface area contributed by atoms with Crippen molar-refractivity contribution >= 4 is 27.0 Å². The molecule has 0 aliphatic carbocycles. The molecule has 0 atom stereocenters. The minimum Gasteiger partial charge on any atom is -0.440 e. The third-order valence-corrected chi connectivity index (χ3v) is 2.48. The number of fused-ring (bicyclic) bond motifs is 1. The van der Waals surface area contributed by atoms with E-state index in [0.29, 0.717) is 11.5 Å². The summed E-state index contributed by atoms with van der Waals surface area (Å²) in [6.07, 6.45) is 0. The van der Waals surface area contributed by atoms with Crippen molar-refractivity contribution in [3.05, 3.63) is 34.6 Å². The fraction of sp³-hybridized carbons (Fsp3) is 0.111. The molecule has 0 aliphatic rings. The summed E-state index contributed by atoms with van der Waals surface area (Å²) in [5.41, 5.74) is 4.17. The number of nitrogens with zero attached hydrogens (tertiary/aromatic N) is 1. The summed E-state index contributed by atoms with van der Waals surface area (Å²) in [6, 6.07) is 3.67. The molecular weight excluding hydrogens is 248 g/mol. The first-order chi connectivity index (χ1) is 6.72. The Labute approximate surface area is 89.0 Å². The van der Waals surface area contributed by atoms with Crippen molar-refractivity contribution in [1.82, 2.24) is 10.5 Å². The third kappa shape index (κ3) is 1.54. The molecule has 0 amide bonds. The zero-order chi connectivity index (χ0) is 10.1. The van der Waals surface area contributed by atoms with Crippen LogP contribution in [0.1, 0.15) is 11.5 Å². The summed E-state index contributed by atoms with van der Waals surface area (Å²) in [7, 11) is 0. The molecule has 4 nitrogen and oxygen atoms in total. The highest BCUT2D eigenvalue weighted by atomic mass is 79.9. The van der Waals surface area contributed by atoms with Crippen LogP contribution in [-0.4, -0.2) is 10.2 Å². The van der Waals surface area contributed by atoms with E-state index in [-0.39, 0.29) is 0 Å². The lowest BCUT2D eigenvalue weighted by molar-refractivity contribution is 0.200. The zero-order valence-electron chi connectivity index (χ0n) is 7.41. The molecule has 0 saturated carbocycles. The first kappa shape index (κ1) is 9.64. The molecule has 1 radical (unpaired) electrons. The van der Waals surface area contributed by atoms with Crippen molar-refractivity contribution in [2.75, 3.05) is 0 Å². The van der Waals surface area contributed by atoms with Gasteiger partial charge in [-0.05, 0) is 22.0 Å². The fourth-order valence-electron chi connectivity index (χ4n) is 1.29. The molecule has 0 saturated heterocycles. The molecule has 2 rings (SSSR count). The lowest BCUT2D eigenvalue weighted by Gasteiger charge is -1.99. The summed E-state index contributed by atoms with van der Waals surface area (Å²) in [4.78, 5) is 4.21. The average molecular weight is 256 g/mol. The Hall–Kier alpha value is -0.910. The molecule has 2 N–H and O–H groups in total. The van der Waals surface area contributed by atoms with Crippen LogP contribution in [0.15, 0.2) is 21.0 Å². The highest BCUT2D eigenvalue weighted by Crippen LogP contribution is 2.27. The van der Waals surface area contributed by atoms with E-state index < -0.39 is 0 Å². The zero-order valence-corrected chi connectivity index (χ0v) is 9.00. The van der Waals surface area contributed by atoms with Crippen molar-refractivity contribution in [3.8, 4) is 0 Å². The second-order valence-corrected chi connectivity index (χ2v) is 3.68. The van der Waals surface area contributed by atoms with Gasteiger partial charge in [0.05, 0.1) is 11.0 Å². The molecular formula is C9H8BrN2O2. The van der Waals surface area contributed by atoms with Crippen molar-refractivity contribution in [1.29, 1.82) is 0 Å². The Morgan fingerprint density at radius 2 is 2.36 bits per heavy atom. The van der Waals surface area contributed by atoms with E-state index in [1.54, 1.807) is 6.92 Å². The summed E-state index contributed by atoms with van der Waals surface area (Å²) in [5, 5.41) is 8.58. The maximum Gasteiger partial charge on any atom is 0.192 e. The number of rotatable bonds is 2. The molecule has 0 fully saturated rings. The number of hydroxylamine groups is 1. The molecule has 0 bridgehead atoms.